The van der Waals surface area contributed by atoms with Crippen molar-refractivity contribution in [2.24, 2.45) is 0 Å². The largest absolute Gasteiger partial charge is 0.492 e. The zero-order valence-corrected chi connectivity index (χ0v) is 21.1. The summed E-state index contributed by atoms with van der Waals surface area (Å²) >= 11 is 1.58. The van der Waals surface area contributed by atoms with Gasteiger partial charge in [0.1, 0.15) is 12.4 Å². The maximum absolute atomic E-state index is 13.3. The average Bonchev–Trinajstić information content (AvgIpc) is 3.24. The fourth-order valence-corrected chi connectivity index (χ4v) is 4.62. The standard InChI is InChI=1S/C27H30N4O2S/c1-17-10-11-20(33-13-12-31(4)5)14-22(17)27(32)29-18(2)23-15-25(26-19(3)28-16-34-26)30-24-9-7-6-8-21(23)24/h6-11,14-16,18H,12-13H2,1-5H3,(H,29,32)/t18-/m1/s1. The van der Waals surface area contributed by atoms with Crippen molar-refractivity contribution >= 4 is 28.1 Å². The number of hydrogen-bond acceptors (Lipinski definition) is 6. The van der Waals surface area contributed by atoms with E-state index in [4.69, 9.17) is 9.72 Å². The summed E-state index contributed by atoms with van der Waals surface area (Å²) in [5, 5.41) is 4.22. The molecule has 176 valence electrons. The number of aromatic nitrogens is 2. The monoisotopic (exact) mass is 474 g/mol. The Morgan fingerprint density at radius 3 is 2.68 bits per heavy atom. The van der Waals surface area contributed by atoms with Crippen LogP contribution < -0.4 is 10.1 Å². The lowest BCUT2D eigenvalue weighted by Gasteiger charge is -2.19. The number of likely N-dealkylation sites (N-methyl/N-ethyl adjacent to an activating group) is 1. The summed E-state index contributed by atoms with van der Waals surface area (Å²) in [6.45, 7) is 7.31. The fourth-order valence-electron chi connectivity index (χ4n) is 3.86. The van der Waals surface area contributed by atoms with E-state index < -0.39 is 0 Å². The predicted molar refractivity (Wildman–Crippen MR) is 139 cm³/mol. The molecule has 34 heavy (non-hydrogen) atoms. The summed E-state index contributed by atoms with van der Waals surface area (Å²) in [7, 11) is 4.01. The second-order valence-electron chi connectivity index (χ2n) is 8.70. The molecule has 0 aliphatic heterocycles. The molecule has 0 unspecified atom stereocenters. The zero-order valence-electron chi connectivity index (χ0n) is 20.3. The molecule has 2 aromatic carbocycles. The molecule has 1 amide bonds. The van der Waals surface area contributed by atoms with Crippen molar-refractivity contribution in [3.05, 3.63) is 76.4 Å². The third kappa shape index (κ3) is 5.26. The third-order valence-corrected chi connectivity index (χ3v) is 6.75. The lowest BCUT2D eigenvalue weighted by Crippen LogP contribution is -2.27. The number of aryl methyl sites for hydroxylation is 2. The maximum atomic E-state index is 13.3. The van der Waals surface area contributed by atoms with E-state index >= 15 is 0 Å². The third-order valence-electron chi connectivity index (χ3n) is 5.80. The van der Waals surface area contributed by atoms with E-state index in [1.165, 1.54) is 0 Å². The van der Waals surface area contributed by atoms with Crippen LogP contribution in [0.4, 0.5) is 0 Å². The number of para-hydroxylation sites is 1. The Morgan fingerprint density at radius 2 is 1.94 bits per heavy atom. The smallest absolute Gasteiger partial charge is 0.252 e. The van der Waals surface area contributed by atoms with Crippen LogP contribution in [0, 0.1) is 13.8 Å². The number of thiazole rings is 1. The molecule has 0 saturated carbocycles. The molecular weight excluding hydrogens is 444 g/mol. The van der Waals surface area contributed by atoms with Gasteiger partial charge in [0.25, 0.3) is 5.91 Å². The Labute approximate surface area is 204 Å². The summed E-state index contributed by atoms with van der Waals surface area (Å²) in [6.07, 6.45) is 0. The molecule has 2 aromatic heterocycles. The van der Waals surface area contributed by atoms with Crippen LogP contribution in [0.5, 0.6) is 5.75 Å². The lowest BCUT2D eigenvalue weighted by molar-refractivity contribution is 0.0939. The first-order valence-electron chi connectivity index (χ1n) is 11.3. The van der Waals surface area contributed by atoms with Crippen LogP contribution in [0.25, 0.3) is 21.5 Å². The number of ether oxygens (including phenoxy) is 1. The van der Waals surface area contributed by atoms with Crippen molar-refractivity contribution < 1.29 is 9.53 Å². The van der Waals surface area contributed by atoms with E-state index in [1.54, 1.807) is 11.3 Å². The number of nitrogens with zero attached hydrogens (tertiary/aromatic N) is 3. The molecular formula is C27H30N4O2S. The molecule has 6 nitrogen and oxygen atoms in total. The van der Waals surface area contributed by atoms with Gasteiger partial charge in [-0.2, -0.15) is 0 Å². The number of fused-ring (bicyclic) bond motifs is 1. The molecule has 0 radical (unpaired) electrons. The van der Waals surface area contributed by atoms with E-state index in [0.717, 1.165) is 44.8 Å². The Kier molecular flexibility index (Phi) is 7.24. The van der Waals surface area contributed by atoms with Gasteiger partial charge in [-0.05, 0) is 70.3 Å². The molecule has 0 spiro atoms. The quantitative estimate of drug-likeness (QED) is 0.370. The van der Waals surface area contributed by atoms with Crippen LogP contribution in [0.3, 0.4) is 0 Å². The normalized spacial score (nSPS) is 12.2. The second kappa shape index (κ2) is 10.3. The van der Waals surface area contributed by atoms with Crippen LogP contribution in [0.2, 0.25) is 0 Å². The van der Waals surface area contributed by atoms with Gasteiger partial charge in [0, 0.05) is 17.5 Å². The van der Waals surface area contributed by atoms with Crippen LogP contribution in [-0.2, 0) is 0 Å². The van der Waals surface area contributed by atoms with Crippen LogP contribution >= 0.6 is 11.3 Å². The maximum Gasteiger partial charge on any atom is 0.252 e. The van der Waals surface area contributed by atoms with E-state index in [2.05, 4.69) is 21.3 Å². The summed E-state index contributed by atoms with van der Waals surface area (Å²) in [6, 6.07) is 15.5. The summed E-state index contributed by atoms with van der Waals surface area (Å²) in [5.74, 6) is 0.571. The van der Waals surface area contributed by atoms with Gasteiger partial charge in [-0.1, -0.05) is 24.3 Å². The van der Waals surface area contributed by atoms with Gasteiger partial charge in [-0.3, -0.25) is 4.79 Å². The van der Waals surface area contributed by atoms with E-state index in [0.29, 0.717) is 17.9 Å². The Balaban J connectivity index is 1.61. The Morgan fingerprint density at radius 1 is 1.15 bits per heavy atom. The first kappa shape index (κ1) is 23.9. The minimum atomic E-state index is -0.218. The van der Waals surface area contributed by atoms with Gasteiger partial charge < -0.3 is 15.0 Å². The van der Waals surface area contributed by atoms with Crippen LogP contribution in [0.1, 0.15) is 40.1 Å². The molecule has 1 atom stereocenters. The molecule has 7 heteroatoms. The molecule has 1 N–H and O–H groups in total. The van der Waals surface area contributed by atoms with Crippen molar-refractivity contribution in [1.82, 2.24) is 20.2 Å². The van der Waals surface area contributed by atoms with Crippen molar-refractivity contribution in [2.75, 3.05) is 27.2 Å². The number of benzene rings is 2. The number of carbonyl (C=O) groups excluding carboxylic acids is 1. The average molecular weight is 475 g/mol. The Bertz CT molecular complexity index is 1320. The first-order valence-corrected chi connectivity index (χ1v) is 12.2. The molecule has 0 saturated heterocycles. The van der Waals surface area contributed by atoms with Crippen molar-refractivity contribution in [1.29, 1.82) is 0 Å². The first-order chi connectivity index (χ1) is 16.3. The van der Waals surface area contributed by atoms with Gasteiger partial charge in [-0.15, -0.1) is 11.3 Å². The topological polar surface area (TPSA) is 67.3 Å². The zero-order chi connectivity index (χ0) is 24.2. The highest BCUT2D eigenvalue weighted by atomic mass is 32.1. The van der Waals surface area contributed by atoms with Gasteiger partial charge in [0.05, 0.1) is 33.3 Å². The van der Waals surface area contributed by atoms with Crippen molar-refractivity contribution in [3.63, 3.8) is 0 Å². The SMILES string of the molecule is Cc1ccc(OCCN(C)C)cc1C(=O)N[C@H](C)c1cc(-c2scnc2C)nc2ccccc12. The van der Waals surface area contributed by atoms with Gasteiger partial charge >= 0.3 is 0 Å². The van der Waals surface area contributed by atoms with Gasteiger partial charge in [0.15, 0.2) is 0 Å². The lowest BCUT2D eigenvalue weighted by atomic mass is 10.00. The highest BCUT2D eigenvalue weighted by Crippen LogP contribution is 2.32. The molecule has 0 fully saturated rings. The minimum Gasteiger partial charge on any atom is -0.492 e. The fraction of sp³-hybridized carbons (Fsp3) is 0.296. The number of hydrogen-bond donors (Lipinski definition) is 1. The van der Waals surface area contributed by atoms with Gasteiger partial charge in [-0.25, -0.2) is 9.97 Å². The number of carbonyl (C=O) groups is 1. The molecule has 2 heterocycles. The summed E-state index contributed by atoms with van der Waals surface area (Å²) in [5.41, 5.74) is 7.12. The molecule has 0 bridgehead atoms. The van der Waals surface area contributed by atoms with E-state index in [9.17, 15) is 4.79 Å². The number of nitrogens with one attached hydrogen (secondary N) is 1. The minimum absolute atomic E-state index is 0.125. The van der Waals surface area contributed by atoms with E-state index in [1.807, 2.05) is 82.8 Å². The van der Waals surface area contributed by atoms with Crippen molar-refractivity contribution in [3.8, 4) is 16.3 Å². The second-order valence-corrected chi connectivity index (χ2v) is 9.56. The summed E-state index contributed by atoms with van der Waals surface area (Å²) < 4.78 is 5.84. The highest BCUT2D eigenvalue weighted by molar-refractivity contribution is 7.13. The number of pyridine rings is 1. The predicted octanol–water partition coefficient (Wildman–Crippen LogP) is 5.41. The molecule has 4 rings (SSSR count). The highest BCUT2D eigenvalue weighted by Gasteiger charge is 2.19. The summed E-state index contributed by atoms with van der Waals surface area (Å²) in [4.78, 5) is 25.6. The number of rotatable bonds is 8. The Hall–Kier alpha value is -3.29. The molecule has 0 aliphatic rings. The molecule has 0 aliphatic carbocycles. The van der Waals surface area contributed by atoms with Crippen LogP contribution in [0.15, 0.2) is 54.0 Å². The molecule has 4 aromatic rings. The van der Waals surface area contributed by atoms with Crippen molar-refractivity contribution in [2.45, 2.75) is 26.8 Å². The van der Waals surface area contributed by atoms with Gasteiger partial charge in [0.2, 0.25) is 0 Å². The van der Waals surface area contributed by atoms with E-state index in [-0.39, 0.29) is 11.9 Å². The number of amides is 1. The van der Waals surface area contributed by atoms with Crippen LogP contribution in [-0.4, -0.2) is 48.0 Å².